The number of carbonyl (C=O) groups is 1. The minimum absolute atomic E-state index is 0.0298. The molecule has 0 aliphatic heterocycles. The lowest BCUT2D eigenvalue weighted by Crippen LogP contribution is -2.36. The van der Waals surface area contributed by atoms with Crippen LogP contribution < -0.4 is 5.32 Å². The zero-order valence-corrected chi connectivity index (χ0v) is 13.6. The Balaban J connectivity index is 1.73. The number of halogens is 1. The van der Waals surface area contributed by atoms with Gasteiger partial charge in [0, 0.05) is 18.0 Å². The highest BCUT2D eigenvalue weighted by molar-refractivity contribution is 8.00. The standard InChI is InChI=1S/C16H22ClNO2S/c17-14-7-3-4-8-15(14)21-11-16(20)18-9-12-5-1-2-6-13(12)10-19/h3-4,7-8,12-13,19H,1-2,5-6,9-11H2,(H,18,20). The Hall–Kier alpha value is -0.710. The predicted octanol–water partition coefficient (Wildman–Crippen LogP) is 3.35. The van der Waals surface area contributed by atoms with E-state index < -0.39 is 0 Å². The summed E-state index contributed by atoms with van der Waals surface area (Å²) in [5.74, 6) is 1.16. The summed E-state index contributed by atoms with van der Waals surface area (Å²) in [6, 6.07) is 7.55. The third-order valence-corrected chi connectivity index (χ3v) is 5.57. The minimum Gasteiger partial charge on any atom is -0.396 e. The van der Waals surface area contributed by atoms with Crippen LogP contribution in [0.25, 0.3) is 0 Å². The van der Waals surface area contributed by atoms with E-state index in [1.54, 1.807) is 0 Å². The molecule has 1 amide bonds. The summed E-state index contributed by atoms with van der Waals surface area (Å²) in [7, 11) is 0. The minimum atomic E-state index is 0.0298. The maximum Gasteiger partial charge on any atom is 0.230 e. The second-order valence-corrected chi connectivity index (χ2v) is 6.93. The Labute approximate surface area is 135 Å². The number of nitrogens with one attached hydrogen (secondary N) is 1. The third kappa shape index (κ3) is 5.20. The summed E-state index contributed by atoms with van der Waals surface area (Å²) in [6.45, 7) is 0.905. The van der Waals surface area contributed by atoms with E-state index >= 15 is 0 Å². The van der Waals surface area contributed by atoms with Gasteiger partial charge in [0.05, 0.1) is 10.8 Å². The van der Waals surface area contributed by atoms with E-state index in [0.717, 1.165) is 17.7 Å². The van der Waals surface area contributed by atoms with Gasteiger partial charge in [0.25, 0.3) is 0 Å². The average molecular weight is 328 g/mol. The van der Waals surface area contributed by atoms with Crippen molar-refractivity contribution in [1.82, 2.24) is 5.32 Å². The second-order valence-electron chi connectivity index (χ2n) is 5.51. The normalized spacial score (nSPS) is 22.0. The zero-order chi connectivity index (χ0) is 15.1. The van der Waals surface area contributed by atoms with Gasteiger partial charge in [-0.05, 0) is 36.8 Å². The van der Waals surface area contributed by atoms with Gasteiger partial charge in [0.15, 0.2) is 0 Å². The Morgan fingerprint density at radius 1 is 1.29 bits per heavy atom. The van der Waals surface area contributed by atoms with E-state index in [4.69, 9.17) is 11.6 Å². The molecule has 0 saturated heterocycles. The summed E-state index contributed by atoms with van der Waals surface area (Å²) in [6.07, 6.45) is 4.57. The van der Waals surface area contributed by atoms with E-state index in [2.05, 4.69) is 5.32 Å². The zero-order valence-electron chi connectivity index (χ0n) is 12.1. The van der Waals surface area contributed by atoms with Crippen LogP contribution in [-0.4, -0.2) is 29.9 Å². The van der Waals surface area contributed by atoms with E-state index in [0.29, 0.717) is 29.2 Å². The van der Waals surface area contributed by atoms with Crippen LogP contribution in [0, 0.1) is 11.8 Å². The van der Waals surface area contributed by atoms with Crippen molar-refractivity contribution in [2.75, 3.05) is 18.9 Å². The molecule has 116 valence electrons. The number of aliphatic hydroxyl groups excluding tert-OH is 1. The summed E-state index contributed by atoms with van der Waals surface area (Å²) in [4.78, 5) is 12.9. The topological polar surface area (TPSA) is 49.3 Å². The molecule has 1 aliphatic rings. The van der Waals surface area contributed by atoms with Crippen molar-refractivity contribution in [1.29, 1.82) is 0 Å². The summed E-state index contributed by atoms with van der Waals surface area (Å²) in [5.41, 5.74) is 0. The lowest BCUT2D eigenvalue weighted by Gasteiger charge is -2.30. The number of hydrogen-bond donors (Lipinski definition) is 2. The molecule has 1 aromatic rings. The first-order valence-electron chi connectivity index (χ1n) is 7.45. The van der Waals surface area contributed by atoms with Crippen LogP contribution in [0.1, 0.15) is 25.7 Å². The molecule has 2 atom stereocenters. The number of thioether (sulfide) groups is 1. The molecule has 3 nitrogen and oxygen atoms in total. The molecule has 1 aliphatic carbocycles. The lowest BCUT2D eigenvalue weighted by atomic mass is 9.79. The highest BCUT2D eigenvalue weighted by Gasteiger charge is 2.24. The molecule has 2 N–H and O–H groups in total. The number of benzene rings is 1. The second kappa shape index (κ2) is 8.66. The van der Waals surface area contributed by atoms with Crippen LogP contribution in [-0.2, 0) is 4.79 Å². The van der Waals surface area contributed by atoms with Crippen LogP contribution >= 0.6 is 23.4 Å². The van der Waals surface area contributed by atoms with Crippen molar-refractivity contribution in [3.8, 4) is 0 Å². The summed E-state index contributed by atoms with van der Waals surface area (Å²) < 4.78 is 0. The number of amides is 1. The van der Waals surface area contributed by atoms with Crippen molar-refractivity contribution < 1.29 is 9.90 Å². The molecule has 1 fully saturated rings. The SMILES string of the molecule is O=C(CSc1ccccc1Cl)NCC1CCCCC1CO. The van der Waals surface area contributed by atoms with Crippen molar-refractivity contribution in [3.63, 3.8) is 0 Å². The van der Waals surface area contributed by atoms with Gasteiger partial charge < -0.3 is 10.4 Å². The van der Waals surface area contributed by atoms with Crippen LogP contribution in [0.3, 0.4) is 0 Å². The molecule has 21 heavy (non-hydrogen) atoms. The average Bonchev–Trinajstić information content (AvgIpc) is 2.52. The van der Waals surface area contributed by atoms with Gasteiger partial charge in [-0.3, -0.25) is 4.79 Å². The number of carbonyl (C=O) groups excluding carboxylic acids is 1. The van der Waals surface area contributed by atoms with Gasteiger partial charge in [-0.1, -0.05) is 36.6 Å². The lowest BCUT2D eigenvalue weighted by molar-refractivity contribution is -0.118. The first kappa shape index (κ1) is 16.7. The van der Waals surface area contributed by atoms with Gasteiger partial charge in [0.1, 0.15) is 0 Å². The van der Waals surface area contributed by atoms with Crippen LogP contribution in [0.5, 0.6) is 0 Å². The van der Waals surface area contributed by atoms with Crippen LogP contribution in [0.15, 0.2) is 29.2 Å². The van der Waals surface area contributed by atoms with Gasteiger partial charge in [-0.2, -0.15) is 0 Å². The Kier molecular flexibility index (Phi) is 6.87. The van der Waals surface area contributed by atoms with E-state index in [1.807, 2.05) is 24.3 Å². The monoisotopic (exact) mass is 327 g/mol. The highest BCUT2D eigenvalue weighted by atomic mass is 35.5. The van der Waals surface area contributed by atoms with Crippen molar-refractivity contribution in [2.24, 2.45) is 11.8 Å². The molecule has 0 spiro atoms. The fourth-order valence-corrected chi connectivity index (χ4v) is 3.86. The molecule has 0 radical (unpaired) electrons. The van der Waals surface area contributed by atoms with Crippen molar-refractivity contribution >= 4 is 29.3 Å². The molecule has 5 heteroatoms. The van der Waals surface area contributed by atoms with Gasteiger partial charge in [-0.25, -0.2) is 0 Å². The molecule has 1 saturated carbocycles. The summed E-state index contributed by atoms with van der Waals surface area (Å²) in [5, 5.41) is 13.1. The molecular formula is C16H22ClNO2S. The molecule has 2 rings (SSSR count). The molecular weight excluding hydrogens is 306 g/mol. The Morgan fingerprint density at radius 3 is 2.71 bits per heavy atom. The number of rotatable bonds is 6. The van der Waals surface area contributed by atoms with Gasteiger partial charge in [0.2, 0.25) is 5.91 Å². The fourth-order valence-electron chi connectivity index (χ4n) is 2.79. The van der Waals surface area contributed by atoms with Gasteiger partial charge in [-0.15, -0.1) is 11.8 Å². The number of hydrogen-bond acceptors (Lipinski definition) is 3. The maximum absolute atomic E-state index is 11.9. The van der Waals surface area contributed by atoms with Crippen molar-refractivity contribution in [2.45, 2.75) is 30.6 Å². The first-order valence-corrected chi connectivity index (χ1v) is 8.82. The summed E-state index contributed by atoms with van der Waals surface area (Å²) >= 11 is 7.52. The Bertz CT molecular complexity index is 469. The quantitative estimate of drug-likeness (QED) is 0.788. The largest absolute Gasteiger partial charge is 0.396 e. The number of aliphatic hydroxyl groups is 1. The maximum atomic E-state index is 11.9. The highest BCUT2D eigenvalue weighted by Crippen LogP contribution is 2.29. The molecule has 2 unspecified atom stereocenters. The van der Waals surface area contributed by atoms with Gasteiger partial charge >= 0.3 is 0 Å². The molecule has 0 bridgehead atoms. The first-order chi connectivity index (χ1) is 10.2. The predicted molar refractivity (Wildman–Crippen MR) is 87.7 cm³/mol. The van der Waals surface area contributed by atoms with E-state index in [1.165, 1.54) is 24.6 Å². The van der Waals surface area contributed by atoms with Crippen LogP contribution in [0.2, 0.25) is 5.02 Å². The van der Waals surface area contributed by atoms with Crippen LogP contribution in [0.4, 0.5) is 0 Å². The molecule has 0 aromatic heterocycles. The molecule has 1 aromatic carbocycles. The third-order valence-electron chi connectivity index (χ3n) is 4.06. The molecule has 0 heterocycles. The fraction of sp³-hybridized carbons (Fsp3) is 0.562. The van der Waals surface area contributed by atoms with E-state index in [-0.39, 0.29) is 12.5 Å². The van der Waals surface area contributed by atoms with Crippen molar-refractivity contribution in [3.05, 3.63) is 29.3 Å². The smallest absolute Gasteiger partial charge is 0.230 e. The van der Waals surface area contributed by atoms with E-state index in [9.17, 15) is 9.90 Å². The Morgan fingerprint density at radius 2 is 2.00 bits per heavy atom.